The van der Waals surface area contributed by atoms with E-state index in [4.69, 9.17) is 10.8 Å². The molecule has 0 bridgehead atoms. The lowest BCUT2D eigenvalue weighted by molar-refractivity contribution is -0.139. The fourth-order valence-electron chi connectivity index (χ4n) is 2.16. The molecule has 0 aromatic rings. The number of rotatable bonds is 7. The maximum Gasteiger partial charge on any atom is 0.303 e. The molecule has 1 unspecified atom stereocenters. The summed E-state index contributed by atoms with van der Waals surface area (Å²) >= 11 is 0. The first kappa shape index (κ1) is 14.0. The van der Waals surface area contributed by atoms with Crippen LogP contribution in [0.3, 0.4) is 0 Å². The predicted molar refractivity (Wildman–Crippen MR) is 64.4 cm³/mol. The molecule has 5 heteroatoms. The van der Waals surface area contributed by atoms with Crippen molar-refractivity contribution in [3.05, 3.63) is 0 Å². The first-order valence-electron chi connectivity index (χ1n) is 6.24. The van der Waals surface area contributed by atoms with Crippen LogP contribution >= 0.6 is 0 Å². The van der Waals surface area contributed by atoms with Crippen LogP contribution in [-0.4, -0.2) is 30.1 Å². The maximum atomic E-state index is 11.9. The second-order valence-electron chi connectivity index (χ2n) is 4.92. The van der Waals surface area contributed by atoms with Crippen molar-refractivity contribution >= 4 is 11.9 Å². The highest BCUT2D eigenvalue weighted by Gasteiger charge is 2.42. The molecule has 5 nitrogen and oxygen atoms in total. The fourth-order valence-corrected chi connectivity index (χ4v) is 2.16. The number of hydrogen-bond donors (Lipinski definition) is 3. The number of aliphatic carboxylic acids is 1. The average Bonchev–Trinajstić information content (AvgIpc) is 2.22. The van der Waals surface area contributed by atoms with E-state index in [-0.39, 0.29) is 23.7 Å². The summed E-state index contributed by atoms with van der Waals surface area (Å²) in [5, 5.41) is 11.6. The van der Waals surface area contributed by atoms with Gasteiger partial charge in [-0.05, 0) is 18.8 Å². The third-order valence-electron chi connectivity index (χ3n) is 3.78. The van der Waals surface area contributed by atoms with Crippen LogP contribution in [0.5, 0.6) is 0 Å². The van der Waals surface area contributed by atoms with Gasteiger partial charge in [-0.25, -0.2) is 0 Å². The molecule has 4 N–H and O–H groups in total. The van der Waals surface area contributed by atoms with Crippen LogP contribution in [-0.2, 0) is 9.59 Å². The number of nitrogens with one attached hydrogen (secondary N) is 1. The Kier molecular flexibility index (Phi) is 4.93. The summed E-state index contributed by atoms with van der Waals surface area (Å²) in [6.45, 7) is 2.75. The lowest BCUT2D eigenvalue weighted by Gasteiger charge is -2.39. The van der Waals surface area contributed by atoms with Gasteiger partial charge in [0.15, 0.2) is 0 Å². The van der Waals surface area contributed by atoms with Crippen LogP contribution in [0.2, 0.25) is 0 Å². The zero-order valence-corrected chi connectivity index (χ0v) is 10.4. The van der Waals surface area contributed by atoms with Gasteiger partial charge in [0.25, 0.3) is 0 Å². The third-order valence-corrected chi connectivity index (χ3v) is 3.78. The van der Waals surface area contributed by atoms with E-state index in [9.17, 15) is 9.59 Å². The predicted octanol–water partition coefficient (Wildman–Crippen LogP) is 0.733. The minimum Gasteiger partial charge on any atom is -0.481 e. The molecule has 1 aliphatic rings. The molecule has 1 fully saturated rings. The first-order chi connectivity index (χ1) is 8.04. The summed E-state index contributed by atoms with van der Waals surface area (Å²) in [6, 6.07) is 0. The molecule has 0 radical (unpaired) electrons. The summed E-state index contributed by atoms with van der Waals surface area (Å²) in [7, 11) is 0. The van der Waals surface area contributed by atoms with E-state index in [2.05, 4.69) is 5.32 Å². The lowest BCUT2D eigenvalue weighted by Crippen LogP contribution is -2.51. The Balaban J connectivity index is 2.38. The third kappa shape index (κ3) is 3.43. The largest absolute Gasteiger partial charge is 0.481 e. The Morgan fingerprint density at radius 2 is 2.12 bits per heavy atom. The van der Waals surface area contributed by atoms with Crippen molar-refractivity contribution in [2.24, 2.45) is 17.1 Å². The van der Waals surface area contributed by atoms with Gasteiger partial charge in [0.05, 0.1) is 5.41 Å². The van der Waals surface area contributed by atoms with Gasteiger partial charge in [-0.3, -0.25) is 9.59 Å². The van der Waals surface area contributed by atoms with Crippen molar-refractivity contribution < 1.29 is 14.7 Å². The molecule has 17 heavy (non-hydrogen) atoms. The van der Waals surface area contributed by atoms with Gasteiger partial charge >= 0.3 is 5.97 Å². The Morgan fingerprint density at radius 3 is 2.47 bits per heavy atom. The number of carboxylic acids is 1. The van der Waals surface area contributed by atoms with E-state index >= 15 is 0 Å². The molecule has 0 aromatic heterocycles. The Labute approximate surface area is 102 Å². The number of carbonyl (C=O) groups excluding carboxylic acids is 1. The number of carbonyl (C=O) groups is 2. The molecule has 0 aromatic carbocycles. The monoisotopic (exact) mass is 242 g/mol. The maximum absolute atomic E-state index is 11.9. The van der Waals surface area contributed by atoms with Gasteiger partial charge in [-0.15, -0.1) is 0 Å². The van der Waals surface area contributed by atoms with Crippen molar-refractivity contribution in [2.75, 3.05) is 13.1 Å². The van der Waals surface area contributed by atoms with Gasteiger partial charge < -0.3 is 16.2 Å². The van der Waals surface area contributed by atoms with E-state index in [1.807, 2.05) is 6.92 Å². The SMILES string of the molecule is CCC(CNC(=O)C1(CN)CCC1)CC(=O)O. The van der Waals surface area contributed by atoms with Crippen molar-refractivity contribution in [2.45, 2.75) is 39.0 Å². The van der Waals surface area contributed by atoms with Gasteiger partial charge in [-0.1, -0.05) is 19.8 Å². The summed E-state index contributed by atoms with van der Waals surface area (Å²) in [6.07, 6.45) is 3.61. The van der Waals surface area contributed by atoms with Crippen molar-refractivity contribution in [1.29, 1.82) is 0 Å². The molecule has 1 atom stereocenters. The van der Waals surface area contributed by atoms with Gasteiger partial charge in [0, 0.05) is 19.5 Å². The average molecular weight is 242 g/mol. The Bertz CT molecular complexity index is 282. The zero-order valence-electron chi connectivity index (χ0n) is 10.4. The normalized spacial score (nSPS) is 19.2. The van der Waals surface area contributed by atoms with Crippen molar-refractivity contribution in [3.8, 4) is 0 Å². The van der Waals surface area contributed by atoms with E-state index in [0.29, 0.717) is 13.1 Å². The van der Waals surface area contributed by atoms with Crippen LogP contribution < -0.4 is 11.1 Å². The Morgan fingerprint density at radius 1 is 1.47 bits per heavy atom. The summed E-state index contributed by atoms with van der Waals surface area (Å²) < 4.78 is 0. The first-order valence-corrected chi connectivity index (χ1v) is 6.24. The second kappa shape index (κ2) is 6.00. The topological polar surface area (TPSA) is 92.4 Å². The smallest absolute Gasteiger partial charge is 0.303 e. The molecule has 98 valence electrons. The minimum absolute atomic E-state index is 0.00455. The van der Waals surface area contributed by atoms with Gasteiger partial charge in [-0.2, -0.15) is 0 Å². The highest BCUT2D eigenvalue weighted by Crippen LogP contribution is 2.39. The van der Waals surface area contributed by atoms with Crippen LogP contribution in [0.15, 0.2) is 0 Å². The molecule has 1 saturated carbocycles. The highest BCUT2D eigenvalue weighted by atomic mass is 16.4. The zero-order chi connectivity index (χ0) is 12.9. The molecular formula is C12H22N2O3. The molecule has 0 heterocycles. The van der Waals surface area contributed by atoms with E-state index in [0.717, 1.165) is 25.7 Å². The summed E-state index contributed by atoms with van der Waals surface area (Å²) in [5.74, 6) is -0.815. The standard InChI is InChI=1S/C12H22N2O3/c1-2-9(6-10(15)16)7-14-11(17)12(8-13)4-3-5-12/h9H,2-8,13H2,1H3,(H,14,17)(H,15,16). The van der Waals surface area contributed by atoms with Crippen LogP contribution in [0.4, 0.5) is 0 Å². The fraction of sp³-hybridized carbons (Fsp3) is 0.833. The highest BCUT2D eigenvalue weighted by molar-refractivity contribution is 5.83. The molecular weight excluding hydrogens is 220 g/mol. The van der Waals surface area contributed by atoms with Crippen LogP contribution in [0, 0.1) is 11.3 Å². The van der Waals surface area contributed by atoms with Gasteiger partial charge in [0.1, 0.15) is 0 Å². The van der Waals surface area contributed by atoms with E-state index < -0.39 is 5.97 Å². The summed E-state index contributed by atoms with van der Waals surface area (Å²) in [4.78, 5) is 22.5. The van der Waals surface area contributed by atoms with Gasteiger partial charge in [0.2, 0.25) is 5.91 Å². The lowest BCUT2D eigenvalue weighted by atomic mass is 9.68. The quantitative estimate of drug-likeness (QED) is 0.613. The minimum atomic E-state index is -0.816. The summed E-state index contributed by atoms with van der Waals surface area (Å²) in [5.41, 5.74) is 5.26. The van der Waals surface area contributed by atoms with Crippen LogP contribution in [0.1, 0.15) is 39.0 Å². The molecule has 1 rings (SSSR count). The molecule has 1 aliphatic carbocycles. The van der Waals surface area contributed by atoms with Crippen molar-refractivity contribution in [3.63, 3.8) is 0 Å². The molecule has 1 amide bonds. The number of nitrogens with two attached hydrogens (primary N) is 1. The van der Waals surface area contributed by atoms with E-state index in [1.165, 1.54) is 0 Å². The number of amides is 1. The number of carboxylic acid groups (broad SMARTS) is 1. The molecule has 0 spiro atoms. The van der Waals surface area contributed by atoms with E-state index in [1.54, 1.807) is 0 Å². The second-order valence-corrected chi connectivity index (χ2v) is 4.92. The Hall–Kier alpha value is -1.10. The molecule has 0 saturated heterocycles. The number of hydrogen-bond acceptors (Lipinski definition) is 3. The van der Waals surface area contributed by atoms with Crippen molar-refractivity contribution in [1.82, 2.24) is 5.32 Å². The molecule has 0 aliphatic heterocycles. The van der Waals surface area contributed by atoms with Crippen LogP contribution in [0.25, 0.3) is 0 Å².